The topological polar surface area (TPSA) is 176 Å². The third-order valence-electron chi connectivity index (χ3n) is 6.43. The highest BCUT2D eigenvalue weighted by atomic mass is 32.2. The first kappa shape index (κ1) is 47.5. The lowest BCUT2D eigenvalue weighted by Crippen LogP contribution is -2.35. The van der Waals surface area contributed by atoms with E-state index in [-0.39, 0.29) is 89.2 Å². The SMILES string of the molecule is CC1(C)O[C@@H](CN)[C@H](CN)O1.Cc1ccc(S(=O)(=O)OC[C@@H]2OC(C)(C)O[C@H]2COS(=O)(=O)c2ccc(C)cc2)cc1.S.S.S.S. The minimum atomic E-state index is -4.01. The van der Waals surface area contributed by atoms with Crippen LogP contribution in [0.5, 0.6) is 0 Å². The molecular weight excluding hydrogens is 717 g/mol. The van der Waals surface area contributed by atoms with Crippen LogP contribution in [0.1, 0.15) is 38.8 Å². The van der Waals surface area contributed by atoms with E-state index in [0.717, 1.165) is 11.1 Å². The lowest BCUT2D eigenvalue weighted by atomic mass is 10.2. The van der Waals surface area contributed by atoms with Crippen LogP contribution in [0.15, 0.2) is 58.3 Å². The number of rotatable bonds is 10. The second-order valence-electron chi connectivity index (χ2n) is 11.0. The first-order valence-electron chi connectivity index (χ1n) is 13.5. The zero-order valence-corrected chi connectivity index (χ0v) is 32.4. The Hall–Kier alpha value is -0.580. The van der Waals surface area contributed by atoms with Crippen molar-refractivity contribution in [1.29, 1.82) is 0 Å². The van der Waals surface area contributed by atoms with E-state index < -0.39 is 44.0 Å². The van der Waals surface area contributed by atoms with Gasteiger partial charge in [0.05, 0.1) is 23.0 Å². The van der Waals surface area contributed by atoms with Gasteiger partial charge < -0.3 is 30.4 Å². The van der Waals surface area contributed by atoms with Gasteiger partial charge >= 0.3 is 0 Å². The number of nitrogens with two attached hydrogens (primary N) is 2. The minimum Gasteiger partial charge on any atom is -0.343 e. The Bertz CT molecular complexity index is 1290. The highest BCUT2D eigenvalue weighted by molar-refractivity contribution is 7.87. The van der Waals surface area contributed by atoms with Crippen molar-refractivity contribution in [3.63, 3.8) is 0 Å². The molecule has 2 saturated heterocycles. The quantitative estimate of drug-likeness (QED) is 0.339. The van der Waals surface area contributed by atoms with Gasteiger partial charge in [-0.25, -0.2) is 0 Å². The summed E-state index contributed by atoms with van der Waals surface area (Å²) in [5, 5.41) is 0. The standard InChI is InChI=1S/C21H26O8S2.C7H16N2O2.4H2S/c1-15-5-9-17(10-6-15)30(22,23)26-13-19-20(29-21(3,4)28-19)14-27-31(24,25)18-11-7-16(2)8-12-18;1-7(2)10-5(3-8)6(4-9)11-7;;;;/h5-12,19-20H,13-14H2,1-4H3;5-6H,3-4,8-9H2,1-2H3;4*1H2/t19-,20-;5-,6-;;;;/m00..../s1. The van der Waals surface area contributed by atoms with Crippen molar-refractivity contribution in [1.82, 2.24) is 0 Å². The summed E-state index contributed by atoms with van der Waals surface area (Å²) in [6.07, 6.45) is -1.78. The Kier molecular flexibility index (Phi) is 20.2. The van der Waals surface area contributed by atoms with E-state index in [0.29, 0.717) is 13.1 Å². The Balaban J connectivity index is 0. The molecule has 2 heterocycles. The number of ether oxygens (including phenoxy) is 4. The third-order valence-corrected chi connectivity index (χ3v) is 9.02. The van der Waals surface area contributed by atoms with Gasteiger partial charge in [-0.2, -0.15) is 70.8 Å². The van der Waals surface area contributed by atoms with Crippen molar-refractivity contribution < 1.29 is 44.1 Å². The summed E-state index contributed by atoms with van der Waals surface area (Å²) in [6, 6.07) is 12.5. The van der Waals surface area contributed by atoms with Crippen molar-refractivity contribution in [2.75, 3.05) is 26.3 Å². The van der Waals surface area contributed by atoms with Crippen LogP contribution in [0.25, 0.3) is 0 Å². The lowest BCUT2D eigenvalue weighted by Gasteiger charge is -2.17. The molecule has 12 nitrogen and oxygen atoms in total. The van der Waals surface area contributed by atoms with E-state index in [2.05, 4.69) is 0 Å². The summed E-state index contributed by atoms with van der Waals surface area (Å²) in [5.74, 6) is -1.57. The summed E-state index contributed by atoms with van der Waals surface area (Å²) >= 11 is 0. The van der Waals surface area contributed by atoms with Gasteiger partial charge in [-0.05, 0) is 65.8 Å². The van der Waals surface area contributed by atoms with Gasteiger partial charge in [-0.15, -0.1) is 0 Å². The molecular formula is C28H50N2O10S6. The van der Waals surface area contributed by atoms with Crippen LogP contribution in [-0.2, 0) is 47.5 Å². The number of hydrogen-bond acceptors (Lipinski definition) is 12. The van der Waals surface area contributed by atoms with Crippen molar-refractivity contribution in [2.45, 2.75) is 87.3 Å². The van der Waals surface area contributed by atoms with Crippen LogP contribution in [0.2, 0.25) is 0 Å². The van der Waals surface area contributed by atoms with Gasteiger partial charge in [0.1, 0.15) is 24.4 Å². The molecule has 46 heavy (non-hydrogen) atoms. The summed E-state index contributed by atoms with van der Waals surface area (Å²) in [7, 11) is -8.02. The van der Waals surface area contributed by atoms with E-state index in [1.807, 2.05) is 27.7 Å². The Labute approximate surface area is 301 Å². The molecule has 0 bridgehead atoms. The fraction of sp³-hybridized carbons (Fsp3) is 0.571. The van der Waals surface area contributed by atoms with Crippen molar-refractivity contribution in [3.8, 4) is 0 Å². The van der Waals surface area contributed by atoms with Crippen LogP contribution in [0.3, 0.4) is 0 Å². The molecule has 4 N–H and O–H groups in total. The zero-order valence-electron chi connectivity index (χ0n) is 26.8. The highest BCUT2D eigenvalue weighted by Gasteiger charge is 2.43. The van der Waals surface area contributed by atoms with Gasteiger partial charge in [-0.1, -0.05) is 35.4 Å². The summed E-state index contributed by atoms with van der Waals surface area (Å²) in [4.78, 5) is 0.0389. The molecule has 0 unspecified atom stereocenters. The number of hydrogen-bond donors (Lipinski definition) is 2. The van der Waals surface area contributed by atoms with Crippen LogP contribution in [-0.4, -0.2) is 79.1 Å². The van der Waals surface area contributed by atoms with Crippen molar-refractivity contribution in [2.24, 2.45) is 11.5 Å². The van der Waals surface area contributed by atoms with E-state index in [9.17, 15) is 16.8 Å². The maximum absolute atomic E-state index is 12.5. The molecule has 4 atom stereocenters. The molecule has 2 aliphatic rings. The molecule has 0 aromatic heterocycles. The highest BCUT2D eigenvalue weighted by Crippen LogP contribution is 2.30. The molecule has 0 amide bonds. The maximum Gasteiger partial charge on any atom is 0.297 e. The second kappa shape index (κ2) is 19.6. The number of benzene rings is 2. The third kappa shape index (κ3) is 13.7. The molecule has 0 radical (unpaired) electrons. The van der Waals surface area contributed by atoms with Gasteiger partial charge in [0.15, 0.2) is 11.6 Å². The zero-order chi connectivity index (χ0) is 31.3. The van der Waals surface area contributed by atoms with Gasteiger partial charge in [0.25, 0.3) is 20.2 Å². The van der Waals surface area contributed by atoms with Gasteiger partial charge in [0.2, 0.25) is 0 Å². The Morgan fingerprint density at radius 2 is 0.826 bits per heavy atom. The number of aryl methyl sites for hydroxylation is 2. The smallest absolute Gasteiger partial charge is 0.297 e. The van der Waals surface area contributed by atoms with Gasteiger partial charge in [-0.3, -0.25) is 8.37 Å². The summed E-state index contributed by atoms with van der Waals surface area (Å²) < 4.78 is 82.5. The normalized spacial score (nSPS) is 23.0. The Morgan fingerprint density at radius 1 is 0.565 bits per heavy atom. The first-order chi connectivity index (χ1) is 19.5. The molecule has 2 aromatic rings. The van der Waals surface area contributed by atoms with Crippen LogP contribution in [0, 0.1) is 13.8 Å². The first-order valence-corrected chi connectivity index (χ1v) is 16.3. The fourth-order valence-electron chi connectivity index (χ4n) is 4.36. The van der Waals surface area contributed by atoms with Crippen LogP contribution < -0.4 is 11.5 Å². The molecule has 2 aliphatic heterocycles. The van der Waals surface area contributed by atoms with E-state index in [1.54, 1.807) is 38.1 Å². The predicted molar refractivity (Wildman–Crippen MR) is 196 cm³/mol. The van der Waals surface area contributed by atoms with E-state index in [4.69, 9.17) is 38.8 Å². The molecule has 0 aliphatic carbocycles. The summed E-state index contributed by atoms with van der Waals surface area (Å²) in [5.41, 5.74) is 12.8. The Morgan fingerprint density at radius 3 is 1.09 bits per heavy atom. The maximum atomic E-state index is 12.5. The molecule has 268 valence electrons. The predicted octanol–water partition coefficient (Wildman–Crippen LogP) is 2.81. The largest absolute Gasteiger partial charge is 0.343 e. The molecule has 2 aromatic carbocycles. The van der Waals surface area contributed by atoms with E-state index in [1.165, 1.54) is 24.3 Å². The molecule has 0 spiro atoms. The lowest BCUT2D eigenvalue weighted by molar-refractivity contribution is -0.150. The second-order valence-corrected chi connectivity index (χ2v) is 14.2. The van der Waals surface area contributed by atoms with Crippen LogP contribution in [0.4, 0.5) is 0 Å². The monoisotopic (exact) mass is 766 g/mol. The minimum absolute atomic E-state index is 0. The van der Waals surface area contributed by atoms with E-state index >= 15 is 0 Å². The van der Waals surface area contributed by atoms with Gasteiger partial charge in [0, 0.05) is 13.1 Å². The molecule has 2 fully saturated rings. The van der Waals surface area contributed by atoms with Crippen molar-refractivity contribution in [3.05, 3.63) is 59.7 Å². The van der Waals surface area contributed by atoms with Crippen molar-refractivity contribution >= 4 is 74.2 Å². The van der Waals surface area contributed by atoms with Crippen LogP contribution >= 0.6 is 54.0 Å². The average Bonchev–Trinajstić information content (AvgIpc) is 3.40. The average molecular weight is 767 g/mol. The summed E-state index contributed by atoms with van der Waals surface area (Å²) in [6.45, 7) is 10.9. The molecule has 18 heteroatoms. The molecule has 4 rings (SSSR count). The molecule has 0 saturated carbocycles. The fourth-order valence-corrected chi connectivity index (χ4v) is 6.20.